The second-order valence-electron chi connectivity index (χ2n) is 16.1. The Morgan fingerprint density at radius 1 is 0.254 bits per heavy atom. The number of benzene rings is 10. The van der Waals surface area contributed by atoms with E-state index in [1.807, 2.05) is 0 Å². The molecule has 3 heteroatoms. The molecule has 0 fully saturated rings. The van der Waals surface area contributed by atoms with Crippen LogP contribution in [0.5, 0.6) is 0 Å². The number of fused-ring (bicyclic) bond motifs is 6. The van der Waals surface area contributed by atoms with Crippen LogP contribution < -0.4 is 0 Å². The van der Waals surface area contributed by atoms with Gasteiger partial charge < -0.3 is 9.13 Å². The van der Waals surface area contributed by atoms with Crippen molar-refractivity contribution in [1.29, 1.82) is 0 Å². The molecule has 2 heterocycles. The van der Waals surface area contributed by atoms with Gasteiger partial charge in [0.15, 0.2) is 0 Å². The average molecular weight is 823 g/mol. The van der Waals surface area contributed by atoms with Crippen LogP contribution in [0.15, 0.2) is 274 Å². The topological polar surface area (TPSA) is 9.86 Å². The Morgan fingerprint density at radius 2 is 0.730 bits per heavy atom. The second kappa shape index (κ2) is 15.3. The van der Waals surface area contributed by atoms with Crippen LogP contribution in [0.4, 0.5) is 0 Å². The van der Waals surface area contributed by atoms with Crippen molar-refractivity contribution < 1.29 is 0 Å². The van der Waals surface area contributed by atoms with Gasteiger partial charge in [0.05, 0.1) is 22.1 Å². The third kappa shape index (κ3) is 5.96. The smallest absolute Gasteiger partial charge is 0.0552 e. The molecule has 2 aromatic heterocycles. The van der Waals surface area contributed by atoms with Crippen LogP contribution in [-0.2, 0) is 0 Å². The highest BCUT2D eigenvalue weighted by Crippen LogP contribution is 2.73. The minimum Gasteiger partial charge on any atom is -0.309 e. The molecule has 0 bridgehead atoms. The van der Waals surface area contributed by atoms with Crippen LogP contribution in [0, 0.1) is 0 Å². The molecule has 12 rings (SSSR count). The molecule has 12 aromatic rings. The SMILES string of the molecule is c1ccc(-c2ccc(-n3c4ccc(-n5c6ccccc6c6ccc(S(c7ccccc7)(c7ccccc7)c7ccccc7)cc65)cc4c4c(-c5ccccc5)cccc43)cc2)cc1. The Labute approximate surface area is 368 Å². The lowest BCUT2D eigenvalue weighted by molar-refractivity contribution is 1.16. The van der Waals surface area contributed by atoms with E-state index in [2.05, 4.69) is 264 Å². The summed E-state index contributed by atoms with van der Waals surface area (Å²) in [4.78, 5) is 5.22. The minimum absolute atomic E-state index is 1.13. The lowest BCUT2D eigenvalue weighted by atomic mass is 9.99. The molecule has 63 heavy (non-hydrogen) atoms. The summed E-state index contributed by atoms with van der Waals surface area (Å²) < 4.78 is 4.94. The van der Waals surface area contributed by atoms with Gasteiger partial charge >= 0.3 is 0 Å². The monoisotopic (exact) mass is 822 g/mol. The first kappa shape index (κ1) is 37.0. The highest BCUT2D eigenvalue weighted by atomic mass is 32.3. The van der Waals surface area contributed by atoms with Crippen molar-refractivity contribution in [2.45, 2.75) is 19.6 Å². The zero-order valence-corrected chi connectivity index (χ0v) is 35.4. The predicted octanol–water partition coefficient (Wildman–Crippen LogP) is 16.6. The maximum absolute atomic E-state index is 2.50. The number of para-hydroxylation sites is 1. The fourth-order valence-corrected chi connectivity index (χ4v) is 13.8. The van der Waals surface area contributed by atoms with Crippen molar-refractivity contribution >= 4 is 53.6 Å². The number of hydrogen-bond donors (Lipinski definition) is 0. The third-order valence-corrected chi connectivity index (χ3v) is 16.5. The lowest BCUT2D eigenvalue weighted by Crippen LogP contribution is -2.05. The summed E-state index contributed by atoms with van der Waals surface area (Å²) in [6.45, 7) is 0. The van der Waals surface area contributed by atoms with Gasteiger partial charge in [0.25, 0.3) is 0 Å². The maximum atomic E-state index is 2.50. The zero-order chi connectivity index (χ0) is 41.7. The average Bonchev–Trinajstić information content (AvgIpc) is 3.88. The lowest BCUT2D eigenvalue weighted by Gasteiger charge is -2.42. The molecule has 0 aliphatic rings. The number of nitrogens with zero attached hydrogens (tertiary/aromatic N) is 2. The van der Waals surface area contributed by atoms with E-state index in [1.165, 1.54) is 85.4 Å². The van der Waals surface area contributed by atoms with Crippen molar-refractivity contribution in [3.8, 4) is 33.6 Å². The largest absolute Gasteiger partial charge is 0.309 e. The summed E-state index contributed by atoms with van der Waals surface area (Å²) in [6.07, 6.45) is 0. The third-order valence-electron chi connectivity index (χ3n) is 12.6. The Hall–Kier alpha value is -7.85. The van der Waals surface area contributed by atoms with E-state index in [4.69, 9.17) is 0 Å². The van der Waals surface area contributed by atoms with Gasteiger partial charge in [0.2, 0.25) is 0 Å². The normalized spacial score (nSPS) is 12.1. The molecule has 0 atom stereocenters. The van der Waals surface area contributed by atoms with Crippen LogP contribution in [0.1, 0.15) is 0 Å². The number of rotatable bonds is 8. The molecule has 0 spiro atoms. The van der Waals surface area contributed by atoms with Gasteiger partial charge in [-0.2, -0.15) is 0 Å². The van der Waals surface area contributed by atoms with Crippen molar-refractivity contribution in [3.63, 3.8) is 0 Å². The van der Waals surface area contributed by atoms with Gasteiger partial charge in [-0.3, -0.25) is 0 Å². The summed E-state index contributed by atoms with van der Waals surface area (Å²) >= 11 is 0. The Morgan fingerprint density at radius 3 is 1.37 bits per heavy atom. The standard InChI is InChI=1S/C60H42N2S/c1-6-19-43(20-7-1)44-33-35-46(36-34-44)61-57-40-37-47(41-55(57)60-52(30-18-32-58(60)61)45-21-8-2-9-22-45)62-56-31-17-16-29-53(56)54-39-38-51(42-59(54)62)63(48-23-10-3-11-24-48,49-25-12-4-13-26-49)50-27-14-5-15-28-50/h1-42H. The zero-order valence-electron chi connectivity index (χ0n) is 34.6. The quantitative estimate of drug-likeness (QED) is 0.144. The molecule has 0 N–H and O–H groups in total. The molecule has 0 saturated carbocycles. The van der Waals surface area contributed by atoms with Gasteiger partial charge in [-0.1, -0.05) is 164 Å². The van der Waals surface area contributed by atoms with Gasteiger partial charge in [0, 0.05) is 52.5 Å². The van der Waals surface area contributed by atoms with Crippen molar-refractivity contribution in [2.24, 2.45) is 0 Å². The summed E-state index contributed by atoms with van der Waals surface area (Å²) in [5, 5.41) is 4.94. The van der Waals surface area contributed by atoms with Crippen LogP contribution in [0.2, 0.25) is 0 Å². The van der Waals surface area contributed by atoms with Crippen molar-refractivity contribution in [2.75, 3.05) is 0 Å². The van der Waals surface area contributed by atoms with E-state index in [1.54, 1.807) is 0 Å². The molecule has 0 radical (unpaired) electrons. The van der Waals surface area contributed by atoms with Crippen LogP contribution >= 0.6 is 10.0 Å². The van der Waals surface area contributed by atoms with Gasteiger partial charge in [-0.15, -0.1) is 10.0 Å². The Bertz CT molecular complexity index is 3480. The second-order valence-corrected chi connectivity index (χ2v) is 19.2. The fourth-order valence-electron chi connectivity index (χ4n) is 9.88. The van der Waals surface area contributed by atoms with E-state index in [0.29, 0.717) is 0 Å². The number of aromatic nitrogens is 2. The first-order valence-electron chi connectivity index (χ1n) is 21.6. The fraction of sp³-hybridized carbons (Fsp3) is 0. The van der Waals surface area contributed by atoms with Crippen LogP contribution in [0.25, 0.3) is 77.2 Å². The van der Waals surface area contributed by atoms with E-state index in [-0.39, 0.29) is 0 Å². The minimum atomic E-state index is -1.90. The molecular formula is C60H42N2S. The molecule has 10 aromatic carbocycles. The van der Waals surface area contributed by atoms with Crippen molar-refractivity contribution in [1.82, 2.24) is 9.13 Å². The first-order chi connectivity index (χ1) is 31.3. The molecule has 2 nitrogen and oxygen atoms in total. The summed E-state index contributed by atoms with van der Waals surface area (Å²) in [5.41, 5.74) is 11.8. The van der Waals surface area contributed by atoms with E-state index in [0.717, 1.165) is 11.4 Å². The Balaban J connectivity index is 1.14. The van der Waals surface area contributed by atoms with E-state index in [9.17, 15) is 0 Å². The molecule has 0 amide bonds. The van der Waals surface area contributed by atoms with E-state index < -0.39 is 10.0 Å². The van der Waals surface area contributed by atoms with Gasteiger partial charge in [-0.25, -0.2) is 0 Å². The first-order valence-corrected chi connectivity index (χ1v) is 23.2. The highest BCUT2D eigenvalue weighted by Gasteiger charge is 2.34. The van der Waals surface area contributed by atoms with Crippen LogP contribution in [0.3, 0.4) is 0 Å². The van der Waals surface area contributed by atoms with Gasteiger partial charge in [0.1, 0.15) is 0 Å². The molecule has 0 aliphatic carbocycles. The summed E-state index contributed by atoms with van der Waals surface area (Å²) in [5.74, 6) is 0. The molecule has 298 valence electrons. The highest BCUT2D eigenvalue weighted by molar-refractivity contribution is 8.34. The molecular weight excluding hydrogens is 781 g/mol. The van der Waals surface area contributed by atoms with Crippen LogP contribution in [-0.4, -0.2) is 9.13 Å². The summed E-state index contributed by atoms with van der Waals surface area (Å²) in [7, 11) is -1.90. The molecule has 0 saturated heterocycles. The number of hydrogen-bond acceptors (Lipinski definition) is 0. The molecule has 0 unspecified atom stereocenters. The van der Waals surface area contributed by atoms with Crippen molar-refractivity contribution in [3.05, 3.63) is 255 Å². The summed E-state index contributed by atoms with van der Waals surface area (Å²) in [6, 6.07) is 93.9. The van der Waals surface area contributed by atoms with E-state index >= 15 is 0 Å². The molecule has 0 aliphatic heterocycles. The van der Waals surface area contributed by atoms with Gasteiger partial charge in [-0.05, 0) is 113 Å². The maximum Gasteiger partial charge on any atom is 0.0552 e. The Kier molecular flexibility index (Phi) is 8.95. The predicted molar refractivity (Wildman–Crippen MR) is 266 cm³/mol.